The highest BCUT2D eigenvalue weighted by Gasteiger charge is 2.14. The van der Waals surface area contributed by atoms with Crippen LogP contribution in [0.2, 0.25) is 0 Å². The number of benzene rings is 1. The van der Waals surface area contributed by atoms with E-state index in [2.05, 4.69) is 4.72 Å². The zero-order chi connectivity index (χ0) is 13.1. The van der Waals surface area contributed by atoms with Crippen LogP contribution in [0.4, 0.5) is 5.69 Å². The number of amides is 1. The Morgan fingerprint density at radius 2 is 1.82 bits per heavy atom. The van der Waals surface area contributed by atoms with Crippen molar-refractivity contribution < 1.29 is 13.2 Å². The maximum absolute atomic E-state index is 11.3. The molecule has 0 aliphatic carbocycles. The van der Waals surface area contributed by atoms with E-state index in [4.69, 9.17) is 11.8 Å². The van der Waals surface area contributed by atoms with E-state index in [0.29, 0.717) is 5.69 Å². The molecule has 0 radical (unpaired) electrons. The van der Waals surface area contributed by atoms with Gasteiger partial charge in [0.05, 0.1) is 12.2 Å². The van der Waals surface area contributed by atoms with Crippen LogP contribution in [-0.2, 0) is 14.8 Å². The number of sulfonamides is 1. The van der Waals surface area contributed by atoms with Crippen LogP contribution < -0.4 is 9.56 Å². The number of carbonyl (C=O) groups is 1. The van der Waals surface area contributed by atoms with Crippen molar-refractivity contribution in [3.8, 4) is 0 Å². The van der Waals surface area contributed by atoms with Crippen molar-refractivity contribution in [2.75, 3.05) is 11.0 Å². The van der Waals surface area contributed by atoms with Crippen molar-refractivity contribution in [1.29, 1.82) is 0 Å². The van der Waals surface area contributed by atoms with Gasteiger partial charge >= 0.3 is 0 Å². The number of hydrogen-bond acceptors (Lipinski definition) is 3. The molecule has 0 aromatic heterocycles. The number of anilines is 1. The molecule has 0 fully saturated rings. The molecule has 0 spiro atoms. The number of carbonyl (C=O) groups excluding carboxylic acids is 1. The molecule has 0 bridgehead atoms. The van der Waals surface area contributed by atoms with Gasteiger partial charge in [0.2, 0.25) is 15.9 Å². The fourth-order valence-electron chi connectivity index (χ4n) is 1.29. The van der Waals surface area contributed by atoms with E-state index in [-0.39, 0.29) is 11.8 Å². The van der Waals surface area contributed by atoms with Crippen molar-refractivity contribution in [3.63, 3.8) is 0 Å². The van der Waals surface area contributed by atoms with Gasteiger partial charge in [-0.25, -0.2) is 8.42 Å². The summed E-state index contributed by atoms with van der Waals surface area (Å²) in [5.41, 5.74) is 1.21. The predicted octanol–water partition coefficient (Wildman–Crippen LogP) is 1.43. The molecule has 1 atom stereocenters. The molecular formula is C10H13ClN2O3S. The van der Waals surface area contributed by atoms with Gasteiger partial charge in [-0.15, -0.1) is 0 Å². The summed E-state index contributed by atoms with van der Waals surface area (Å²) in [5, 5.41) is 0. The van der Waals surface area contributed by atoms with Crippen LogP contribution in [-0.4, -0.2) is 20.6 Å². The van der Waals surface area contributed by atoms with Crippen LogP contribution in [0.3, 0.4) is 0 Å². The Morgan fingerprint density at radius 1 is 1.29 bits per heavy atom. The minimum Gasteiger partial charge on any atom is -0.284 e. The monoisotopic (exact) mass is 276 g/mol. The quantitative estimate of drug-likeness (QED) is 0.817. The summed E-state index contributed by atoms with van der Waals surface area (Å²) in [7, 11) is -3.28. The molecule has 0 heterocycles. The zero-order valence-electron chi connectivity index (χ0n) is 9.40. The van der Waals surface area contributed by atoms with Crippen molar-refractivity contribution in [3.05, 3.63) is 29.8 Å². The molecule has 94 valence electrons. The smallest absolute Gasteiger partial charge is 0.241 e. The molecule has 5 nitrogen and oxygen atoms in total. The highest BCUT2D eigenvalue weighted by Crippen LogP contribution is 2.18. The van der Waals surface area contributed by atoms with E-state index in [1.165, 1.54) is 0 Å². The van der Waals surface area contributed by atoms with Crippen molar-refractivity contribution in [2.24, 2.45) is 0 Å². The first kappa shape index (κ1) is 13.8. The van der Waals surface area contributed by atoms with Gasteiger partial charge in [-0.1, -0.05) is 12.1 Å². The van der Waals surface area contributed by atoms with E-state index < -0.39 is 10.0 Å². The molecule has 17 heavy (non-hydrogen) atoms. The van der Waals surface area contributed by atoms with Crippen LogP contribution >= 0.6 is 11.8 Å². The molecule has 1 unspecified atom stereocenters. The summed E-state index contributed by atoms with van der Waals surface area (Å²) in [6.07, 6.45) is 1.07. The lowest BCUT2D eigenvalue weighted by molar-refractivity contribution is -0.120. The molecule has 0 saturated heterocycles. The van der Waals surface area contributed by atoms with Gasteiger partial charge in [-0.3, -0.25) is 14.4 Å². The summed E-state index contributed by atoms with van der Waals surface area (Å²) in [6, 6.07) is 6.53. The van der Waals surface area contributed by atoms with Crippen LogP contribution in [0.1, 0.15) is 18.4 Å². The molecule has 1 rings (SSSR count). The van der Waals surface area contributed by atoms with E-state index in [1.807, 2.05) is 4.84 Å². The third-order valence-electron chi connectivity index (χ3n) is 2.20. The Hall–Kier alpha value is -1.27. The van der Waals surface area contributed by atoms with E-state index in [1.54, 1.807) is 31.2 Å². The molecule has 1 amide bonds. The normalized spacial score (nSPS) is 12.9. The second-order valence-corrected chi connectivity index (χ2v) is 5.61. The van der Waals surface area contributed by atoms with Gasteiger partial charge < -0.3 is 0 Å². The van der Waals surface area contributed by atoms with Crippen LogP contribution in [0.5, 0.6) is 0 Å². The van der Waals surface area contributed by atoms with Crippen LogP contribution in [0.15, 0.2) is 24.3 Å². The summed E-state index contributed by atoms with van der Waals surface area (Å²) in [4.78, 5) is 13.3. The largest absolute Gasteiger partial charge is 0.284 e. The first-order valence-corrected chi connectivity index (χ1v) is 7.08. The zero-order valence-corrected chi connectivity index (χ0v) is 11.0. The van der Waals surface area contributed by atoms with Gasteiger partial charge in [0.1, 0.15) is 0 Å². The minimum absolute atomic E-state index is 0.310. The molecule has 7 heteroatoms. The summed E-state index contributed by atoms with van der Waals surface area (Å²) < 4.78 is 24.3. The standard InChI is InChI=1S/C10H13ClN2O3S/c1-7(10(14)12-11)8-3-5-9(6-4-8)13-17(2,15)16/h3-7,13H,1-2H3,(H,12,14). The van der Waals surface area contributed by atoms with E-state index >= 15 is 0 Å². The van der Waals surface area contributed by atoms with Gasteiger partial charge in [0.25, 0.3) is 0 Å². The number of nitrogens with one attached hydrogen (secondary N) is 2. The number of rotatable bonds is 4. The number of halogens is 1. The highest BCUT2D eigenvalue weighted by molar-refractivity contribution is 7.92. The van der Waals surface area contributed by atoms with Crippen molar-refractivity contribution in [2.45, 2.75) is 12.8 Å². The Labute approximate surface area is 105 Å². The average molecular weight is 277 g/mol. The Bertz CT molecular complexity index is 499. The lowest BCUT2D eigenvalue weighted by Crippen LogP contribution is -2.19. The molecule has 0 saturated carbocycles. The topological polar surface area (TPSA) is 75.3 Å². The molecule has 0 aliphatic rings. The Morgan fingerprint density at radius 3 is 2.24 bits per heavy atom. The second kappa shape index (κ2) is 5.37. The number of hydrogen-bond donors (Lipinski definition) is 2. The Balaban J connectivity index is 2.85. The first-order valence-electron chi connectivity index (χ1n) is 4.81. The summed E-state index contributed by atoms with van der Waals surface area (Å²) in [6.45, 7) is 1.71. The Kier molecular flexibility index (Phi) is 4.36. The predicted molar refractivity (Wildman–Crippen MR) is 67.3 cm³/mol. The van der Waals surface area contributed by atoms with Gasteiger partial charge in [-0.2, -0.15) is 0 Å². The third kappa shape index (κ3) is 4.24. The summed E-state index contributed by atoms with van der Waals surface area (Å²) >= 11 is 5.22. The first-order chi connectivity index (χ1) is 7.83. The highest BCUT2D eigenvalue weighted by atomic mass is 35.5. The molecule has 2 N–H and O–H groups in total. The second-order valence-electron chi connectivity index (χ2n) is 3.68. The van der Waals surface area contributed by atoms with Gasteiger partial charge in [0, 0.05) is 17.5 Å². The van der Waals surface area contributed by atoms with Gasteiger partial charge in [0.15, 0.2) is 0 Å². The van der Waals surface area contributed by atoms with Crippen LogP contribution in [0, 0.1) is 0 Å². The summed E-state index contributed by atoms with van der Waals surface area (Å²) in [5.74, 6) is -0.699. The minimum atomic E-state index is -3.28. The van der Waals surface area contributed by atoms with Crippen molar-refractivity contribution in [1.82, 2.24) is 4.84 Å². The fourth-order valence-corrected chi connectivity index (χ4v) is 2.02. The molecular weight excluding hydrogens is 264 g/mol. The van der Waals surface area contributed by atoms with E-state index in [0.717, 1.165) is 11.8 Å². The third-order valence-corrected chi connectivity index (χ3v) is 2.99. The molecule has 1 aromatic carbocycles. The van der Waals surface area contributed by atoms with Crippen LogP contribution in [0.25, 0.3) is 0 Å². The van der Waals surface area contributed by atoms with E-state index in [9.17, 15) is 13.2 Å². The fraction of sp³-hybridized carbons (Fsp3) is 0.300. The SMILES string of the molecule is CC(C(=O)NCl)c1ccc(NS(C)(=O)=O)cc1. The van der Waals surface area contributed by atoms with Gasteiger partial charge in [-0.05, 0) is 24.6 Å². The maximum atomic E-state index is 11.3. The molecule has 1 aromatic rings. The lowest BCUT2D eigenvalue weighted by Gasteiger charge is -2.10. The average Bonchev–Trinajstić information content (AvgIpc) is 2.26. The lowest BCUT2D eigenvalue weighted by atomic mass is 10.0. The molecule has 0 aliphatic heterocycles. The van der Waals surface area contributed by atoms with Crippen molar-refractivity contribution >= 4 is 33.4 Å². The maximum Gasteiger partial charge on any atom is 0.241 e.